The maximum atomic E-state index is 6.81. The van der Waals surface area contributed by atoms with E-state index in [-0.39, 0.29) is 10.8 Å². The van der Waals surface area contributed by atoms with Gasteiger partial charge in [0.05, 0.1) is 0 Å². The molecule has 70 heavy (non-hydrogen) atoms. The lowest BCUT2D eigenvalue weighted by molar-refractivity contribution is 0.590. The van der Waals surface area contributed by atoms with Crippen molar-refractivity contribution < 1.29 is 4.42 Å². The van der Waals surface area contributed by atoms with E-state index >= 15 is 0 Å². The van der Waals surface area contributed by atoms with Crippen LogP contribution in [0.15, 0.2) is 211 Å². The maximum Gasteiger partial charge on any atom is 0.137 e. The maximum absolute atomic E-state index is 6.81. The summed E-state index contributed by atoms with van der Waals surface area (Å²) in [5.41, 5.74) is 21.5. The van der Waals surface area contributed by atoms with Crippen molar-refractivity contribution in [2.75, 3.05) is 9.80 Å². The van der Waals surface area contributed by atoms with Crippen molar-refractivity contribution in [2.24, 2.45) is 0 Å². The molecule has 1 heterocycles. The fraction of sp³-hybridized carbons (Fsp3) is 0.164. The molecule has 9 aromatic carbocycles. The van der Waals surface area contributed by atoms with Gasteiger partial charge >= 0.3 is 0 Å². The molecule has 3 nitrogen and oxygen atoms in total. The van der Waals surface area contributed by atoms with Gasteiger partial charge in [0.1, 0.15) is 11.2 Å². The third-order valence-electron chi connectivity index (χ3n) is 14.6. The van der Waals surface area contributed by atoms with Crippen LogP contribution in [0.1, 0.15) is 82.2 Å². The van der Waals surface area contributed by atoms with E-state index in [1.54, 1.807) is 0 Å². The van der Waals surface area contributed by atoms with E-state index in [4.69, 9.17) is 4.42 Å². The minimum Gasteiger partial charge on any atom is -0.456 e. The highest BCUT2D eigenvalue weighted by Gasteiger charge is 2.24. The first-order chi connectivity index (χ1) is 33.9. The Kier molecular flexibility index (Phi) is 10.5. The van der Waals surface area contributed by atoms with Gasteiger partial charge in [0.2, 0.25) is 0 Å². The van der Waals surface area contributed by atoms with Crippen LogP contribution in [0.25, 0.3) is 60.5 Å². The van der Waals surface area contributed by atoms with Crippen molar-refractivity contribution in [1.29, 1.82) is 0 Å². The molecule has 2 aliphatic rings. The number of hydrogen-bond acceptors (Lipinski definition) is 3. The molecule has 0 radical (unpaired) electrons. The second-order valence-corrected chi connectivity index (χ2v) is 21.4. The summed E-state index contributed by atoms with van der Waals surface area (Å²) in [6.45, 7) is 13.6. The van der Waals surface area contributed by atoms with E-state index in [1.807, 2.05) is 0 Å². The largest absolute Gasteiger partial charge is 0.456 e. The van der Waals surface area contributed by atoms with Crippen molar-refractivity contribution in [3.8, 4) is 22.3 Å². The number of allylic oxidation sites excluding steroid dienone is 4. The molecule has 0 aliphatic heterocycles. The van der Waals surface area contributed by atoms with Crippen molar-refractivity contribution in [3.63, 3.8) is 0 Å². The first kappa shape index (κ1) is 43.4. The van der Waals surface area contributed by atoms with E-state index in [0.717, 1.165) is 75.3 Å². The standard InChI is InChI=1S/C67H58N2O/c1-66(2,3)52-21-29-56(30-22-52)68(54-25-17-46(18-26-54)44-13-9-7-10-14-44)58-33-35-60-51(39-58)38-50-37-48-41-63-61-36-34-59(43-65(61)70-64(63)42-49(48)40-62(50)60)69(57-31-23-53(24-32-57)67(4,5)6)55-27-19-47(20-28-55)45-15-11-8-12-16-45/h7,9-11,13-37,39-43H,8,12,38H2,1-6H3. The fourth-order valence-electron chi connectivity index (χ4n) is 10.7. The number of hydrogen-bond donors (Lipinski definition) is 0. The van der Waals surface area contributed by atoms with Crippen LogP contribution in [0.5, 0.6) is 0 Å². The molecule has 1 aromatic heterocycles. The first-order valence-corrected chi connectivity index (χ1v) is 24.9. The number of anilines is 6. The van der Waals surface area contributed by atoms with Crippen molar-refractivity contribution in [3.05, 3.63) is 234 Å². The fourth-order valence-corrected chi connectivity index (χ4v) is 10.7. The highest BCUT2D eigenvalue weighted by molar-refractivity contribution is 6.11. The van der Waals surface area contributed by atoms with Crippen LogP contribution in [0.4, 0.5) is 34.1 Å². The second-order valence-electron chi connectivity index (χ2n) is 21.4. The summed E-state index contributed by atoms with van der Waals surface area (Å²) >= 11 is 0. The summed E-state index contributed by atoms with van der Waals surface area (Å²) in [6, 6.07) is 69.8. The lowest BCUT2D eigenvalue weighted by Crippen LogP contribution is -2.13. The average Bonchev–Trinajstić information content (AvgIpc) is 3.92. The van der Waals surface area contributed by atoms with Crippen LogP contribution >= 0.6 is 0 Å². The molecular weight excluding hydrogens is 849 g/mol. The molecule has 0 unspecified atom stereocenters. The van der Waals surface area contributed by atoms with Crippen molar-refractivity contribution >= 4 is 72.4 Å². The molecule has 10 aromatic rings. The Morgan fingerprint density at radius 3 is 1.51 bits per heavy atom. The molecule has 342 valence electrons. The molecule has 0 spiro atoms. The number of nitrogens with zero attached hydrogens (tertiary/aromatic N) is 2. The highest BCUT2D eigenvalue weighted by Crippen LogP contribution is 2.46. The molecule has 2 aliphatic carbocycles. The zero-order chi connectivity index (χ0) is 47.7. The minimum absolute atomic E-state index is 0.0644. The minimum atomic E-state index is 0.0644. The van der Waals surface area contributed by atoms with Gasteiger partial charge in [-0.15, -0.1) is 0 Å². The van der Waals surface area contributed by atoms with Crippen molar-refractivity contribution in [1.82, 2.24) is 0 Å². The predicted molar refractivity (Wildman–Crippen MR) is 298 cm³/mol. The molecule has 0 fully saturated rings. The Balaban J connectivity index is 0.889. The molecule has 0 bridgehead atoms. The van der Waals surface area contributed by atoms with Gasteiger partial charge in [0.25, 0.3) is 0 Å². The Bertz CT molecular complexity index is 3650. The molecule has 3 heteroatoms. The SMILES string of the molecule is CC(C)(C)c1ccc(N(c2ccc(-c3ccccc3)cc2)c2ccc3c(c2)Cc2cc4cc5c(cc4cc2-3)oc2cc(N(c3ccc(C4=CCCC=C4)cc3)c3ccc(C(C)(C)C)cc3)ccc25)cc1. The number of furan rings is 1. The van der Waals surface area contributed by atoms with Crippen molar-refractivity contribution in [2.45, 2.75) is 71.6 Å². The van der Waals surface area contributed by atoms with Crippen LogP contribution in [-0.2, 0) is 17.3 Å². The molecular formula is C67H58N2O. The Morgan fingerprint density at radius 1 is 0.400 bits per heavy atom. The smallest absolute Gasteiger partial charge is 0.137 e. The van der Waals surface area contributed by atoms with Gasteiger partial charge in [-0.3, -0.25) is 0 Å². The molecule has 12 rings (SSSR count). The van der Waals surface area contributed by atoms with E-state index in [0.29, 0.717) is 0 Å². The van der Waals surface area contributed by atoms with Gasteiger partial charge in [0, 0.05) is 51.0 Å². The second kappa shape index (κ2) is 17.0. The zero-order valence-corrected chi connectivity index (χ0v) is 41.1. The van der Waals surface area contributed by atoms with Crippen LogP contribution in [0.2, 0.25) is 0 Å². The normalized spacial score (nSPS) is 13.4. The third-order valence-corrected chi connectivity index (χ3v) is 14.6. The summed E-state index contributed by atoms with van der Waals surface area (Å²) < 4.78 is 6.81. The monoisotopic (exact) mass is 906 g/mol. The Hall–Kier alpha value is -7.88. The summed E-state index contributed by atoms with van der Waals surface area (Å²) in [5, 5.41) is 4.67. The molecule has 0 atom stereocenters. The summed E-state index contributed by atoms with van der Waals surface area (Å²) in [7, 11) is 0. The summed E-state index contributed by atoms with van der Waals surface area (Å²) in [4.78, 5) is 4.75. The van der Waals surface area contributed by atoms with Gasteiger partial charge < -0.3 is 14.2 Å². The quantitative estimate of drug-likeness (QED) is 0.151. The third kappa shape index (κ3) is 7.99. The van der Waals surface area contributed by atoms with Gasteiger partial charge in [-0.05, 0) is 188 Å². The average molecular weight is 907 g/mol. The van der Waals surface area contributed by atoms with Crippen LogP contribution in [-0.4, -0.2) is 0 Å². The predicted octanol–water partition coefficient (Wildman–Crippen LogP) is 19.2. The Labute approximate surface area is 412 Å². The van der Waals surface area contributed by atoms with E-state index in [2.05, 4.69) is 258 Å². The Morgan fingerprint density at radius 2 is 0.914 bits per heavy atom. The lowest BCUT2D eigenvalue weighted by atomic mass is 9.87. The van der Waals surface area contributed by atoms with Crippen LogP contribution < -0.4 is 9.80 Å². The van der Waals surface area contributed by atoms with Crippen LogP contribution in [0.3, 0.4) is 0 Å². The van der Waals surface area contributed by atoms with Gasteiger partial charge in [0.15, 0.2) is 0 Å². The summed E-state index contributed by atoms with van der Waals surface area (Å²) in [6.07, 6.45) is 9.94. The van der Waals surface area contributed by atoms with Crippen LogP contribution in [0, 0.1) is 0 Å². The number of benzene rings is 9. The van der Waals surface area contributed by atoms with E-state index < -0.39 is 0 Å². The first-order valence-electron chi connectivity index (χ1n) is 24.9. The van der Waals surface area contributed by atoms with E-state index in [9.17, 15) is 0 Å². The number of fused-ring (bicyclic) bond motifs is 7. The topological polar surface area (TPSA) is 19.6 Å². The molecule has 0 amide bonds. The zero-order valence-electron chi connectivity index (χ0n) is 41.1. The van der Waals surface area contributed by atoms with Gasteiger partial charge in [-0.25, -0.2) is 0 Å². The highest BCUT2D eigenvalue weighted by atomic mass is 16.3. The molecule has 0 N–H and O–H groups in total. The number of rotatable bonds is 8. The molecule has 0 saturated heterocycles. The van der Waals surface area contributed by atoms with Gasteiger partial charge in [-0.1, -0.05) is 151 Å². The molecule has 0 saturated carbocycles. The van der Waals surface area contributed by atoms with E-state index in [1.165, 1.54) is 66.4 Å². The lowest BCUT2D eigenvalue weighted by Gasteiger charge is -2.27. The summed E-state index contributed by atoms with van der Waals surface area (Å²) in [5.74, 6) is 0. The van der Waals surface area contributed by atoms with Gasteiger partial charge in [-0.2, -0.15) is 0 Å².